The summed E-state index contributed by atoms with van der Waals surface area (Å²) < 4.78 is 27.9. The van der Waals surface area contributed by atoms with Gasteiger partial charge in [0, 0.05) is 47.2 Å². The Morgan fingerprint density at radius 1 is 1.08 bits per heavy atom. The molecule has 0 bridgehead atoms. The number of esters is 1. The molecule has 4 rings (SSSR count). The van der Waals surface area contributed by atoms with Gasteiger partial charge in [-0.2, -0.15) is 11.8 Å². The fourth-order valence-electron chi connectivity index (χ4n) is 5.83. The Balaban J connectivity index is 0.00000504. The number of benzene rings is 2. The van der Waals surface area contributed by atoms with Gasteiger partial charge in [-0.05, 0) is 67.5 Å². The summed E-state index contributed by atoms with van der Waals surface area (Å²) in [5, 5.41) is 14.6. The molecule has 0 aliphatic carbocycles. The van der Waals surface area contributed by atoms with Gasteiger partial charge in [0.2, 0.25) is 17.7 Å². The molecule has 2 aromatic carbocycles. The summed E-state index contributed by atoms with van der Waals surface area (Å²) in [4.78, 5) is 77.3. The van der Waals surface area contributed by atoms with E-state index in [1.165, 1.54) is 28.9 Å². The maximum absolute atomic E-state index is 15.2. The van der Waals surface area contributed by atoms with Crippen LogP contribution in [0.5, 0.6) is 5.75 Å². The summed E-state index contributed by atoms with van der Waals surface area (Å²) in [5.41, 5.74) is 0.119. The third kappa shape index (κ3) is 10.0. The van der Waals surface area contributed by atoms with Crippen LogP contribution in [0, 0.1) is 11.7 Å². The highest BCUT2D eigenvalue weighted by atomic mass is 32.2. The highest BCUT2D eigenvalue weighted by Crippen LogP contribution is 2.27. The molecule has 3 N–H and O–H groups in total. The Labute approximate surface area is 307 Å². The zero-order valence-corrected chi connectivity index (χ0v) is 30.4. The number of hydrogen-bond donors (Lipinski definition) is 3. The summed E-state index contributed by atoms with van der Waals surface area (Å²) in [7, 11) is 0. The monoisotopic (exact) mass is 745 g/mol. The van der Waals surface area contributed by atoms with Crippen molar-refractivity contribution in [1.82, 2.24) is 20.1 Å². The average molecular weight is 746 g/mol. The number of hydrogen-bond acceptors (Lipinski definition) is 10. The number of carboxylic acids is 1. The molecular formula is C36H48FN5O9S. The fraction of sp³-hybridized carbons (Fsp3) is 0.444. The number of nitrogens with one attached hydrogen (secondary N) is 2. The van der Waals surface area contributed by atoms with Gasteiger partial charge in [0.1, 0.15) is 35.8 Å². The van der Waals surface area contributed by atoms with Crippen molar-refractivity contribution in [1.29, 1.82) is 0 Å². The van der Waals surface area contributed by atoms with Crippen molar-refractivity contribution in [3.05, 3.63) is 69.8 Å². The molecule has 52 heavy (non-hydrogen) atoms. The summed E-state index contributed by atoms with van der Waals surface area (Å²) in [5.74, 6) is -2.20. The van der Waals surface area contributed by atoms with Gasteiger partial charge in [0.15, 0.2) is 0 Å². The lowest BCUT2D eigenvalue weighted by atomic mass is 10.0. The Morgan fingerprint density at radius 3 is 2.37 bits per heavy atom. The van der Waals surface area contributed by atoms with Gasteiger partial charge >= 0.3 is 18.0 Å². The van der Waals surface area contributed by atoms with Crippen molar-refractivity contribution in [2.75, 3.05) is 43.1 Å². The van der Waals surface area contributed by atoms with E-state index in [1.54, 1.807) is 40.7 Å². The molecule has 0 saturated carbocycles. The van der Waals surface area contributed by atoms with Crippen LogP contribution in [0.4, 0.5) is 14.9 Å². The molecule has 1 fully saturated rings. The maximum atomic E-state index is 15.2. The molecule has 1 saturated heterocycles. The van der Waals surface area contributed by atoms with Gasteiger partial charge in [0.25, 0.3) is 0 Å². The summed E-state index contributed by atoms with van der Waals surface area (Å²) in [6.07, 6.45) is 3.80. The smallest absolute Gasteiger partial charge is 0.410 e. The number of halogens is 1. The van der Waals surface area contributed by atoms with E-state index in [0.717, 1.165) is 6.07 Å². The molecule has 1 aromatic heterocycles. The van der Waals surface area contributed by atoms with E-state index in [-0.39, 0.29) is 45.3 Å². The van der Waals surface area contributed by atoms with Crippen LogP contribution in [0.3, 0.4) is 0 Å². The largest absolute Gasteiger partial charge is 0.477 e. The number of pyridine rings is 1. The SMILES string of the molecule is CCn1cc(C(=O)O)c(=O)c2cc(F)c(N3CCN(C(=O)OCc4ccc(OC(=O)[C@H](CC(C)C)NC(=O)[C@H](CCSC)NC=O)cc4)CC3)cc21.[HH].[HH]. The van der Waals surface area contributed by atoms with Gasteiger partial charge in [-0.1, -0.05) is 26.0 Å². The second-order valence-corrected chi connectivity index (χ2v) is 13.7. The lowest BCUT2D eigenvalue weighted by Gasteiger charge is -2.35. The predicted molar refractivity (Wildman–Crippen MR) is 198 cm³/mol. The second kappa shape index (κ2) is 18.4. The van der Waals surface area contributed by atoms with Crippen molar-refractivity contribution < 1.29 is 45.8 Å². The van der Waals surface area contributed by atoms with Crippen LogP contribution in [0.15, 0.2) is 47.4 Å². The number of thioether (sulfide) groups is 1. The van der Waals surface area contributed by atoms with E-state index in [1.807, 2.05) is 20.1 Å². The average Bonchev–Trinajstić information content (AvgIpc) is 3.12. The zero-order valence-electron chi connectivity index (χ0n) is 29.6. The number of carbonyl (C=O) groups is 5. The summed E-state index contributed by atoms with van der Waals surface area (Å²) in [6, 6.07) is 7.31. The second-order valence-electron chi connectivity index (χ2n) is 12.7. The molecule has 0 unspecified atom stereocenters. The van der Waals surface area contributed by atoms with E-state index in [2.05, 4.69) is 10.6 Å². The van der Waals surface area contributed by atoms with Crippen molar-refractivity contribution in [3.63, 3.8) is 0 Å². The Bertz CT molecular complexity index is 1840. The number of fused-ring (bicyclic) bond motifs is 1. The van der Waals surface area contributed by atoms with E-state index >= 15 is 4.39 Å². The van der Waals surface area contributed by atoms with E-state index in [0.29, 0.717) is 55.7 Å². The predicted octanol–water partition coefficient (Wildman–Crippen LogP) is 4.11. The van der Waals surface area contributed by atoms with Crippen molar-refractivity contribution >= 4 is 58.7 Å². The van der Waals surface area contributed by atoms with Gasteiger partial charge in [-0.3, -0.25) is 14.4 Å². The number of aromatic nitrogens is 1. The number of carbonyl (C=O) groups excluding carboxylic acids is 4. The first-order valence-corrected chi connectivity index (χ1v) is 18.3. The number of ether oxygens (including phenoxy) is 2. The van der Waals surface area contributed by atoms with Crippen molar-refractivity contribution in [2.24, 2.45) is 5.92 Å². The van der Waals surface area contributed by atoms with Gasteiger partial charge in [-0.25, -0.2) is 18.8 Å². The van der Waals surface area contributed by atoms with Gasteiger partial charge in [0.05, 0.1) is 11.2 Å². The highest BCUT2D eigenvalue weighted by Gasteiger charge is 2.28. The van der Waals surface area contributed by atoms with E-state index in [9.17, 15) is 33.9 Å². The molecular weight excluding hydrogens is 697 g/mol. The van der Waals surface area contributed by atoms with Crippen LogP contribution in [-0.4, -0.2) is 95.2 Å². The number of anilines is 1. The zero-order chi connectivity index (χ0) is 37.9. The molecule has 2 heterocycles. The number of rotatable bonds is 16. The first-order valence-electron chi connectivity index (χ1n) is 16.9. The molecule has 1 aliphatic rings. The van der Waals surface area contributed by atoms with Crippen LogP contribution in [0.1, 0.15) is 52.4 Å². The third-order valence-corrected chi connectivity index (χ3v) is 9.25. The van der Waals surface area contributed by atoms with Crippen LogP contribution in [0.2, 0.25) is 0 Å². The van der Waals surface area contributed by atoms with E-state index < -0.39 is 52.8 Å². The highest BCUT2D eigenvalue weighted by molar-refractivity contribution is 7.98. The first kappa shape index (κ1) is 39.7. The van der Waals surface area contributed by atoms with Crippen LogP contribution >= 0.6 is 11.8 Å². The number of amides is 3. The van der Waals surface area contributed by atoms with Gasteiger partial charge < -0.3 is 39.6 Å². The van der Waals surface area contributed by atoms with Crippen molar-refractivity contribution in [2.45, 2.75) is 58.8 Å². The van der Waals surface area contributed by atoms with Crippen LogP contribution in [0.25, 0.3) is 10.9 Å². The number of piperazine rings is 1. The topological polar surface area (TPSA) is 177 Å². The minimum absolute atomic E-state index is 0. The number of aromatic carboxylic acids is 1. The summed E-state index contributed by atoms with van der Waals surface area (Å²) in [6.45, 7) is 7.03. The molecule has 1 aliphatic heterocycles. The molecule has 3 amide bonds. The molecule has 3 aromatic rings. The Morgan fingerprint density at radius 2 is 1.77 bits per heavy atom. The molecule has 284 valence electrons. The minimum Gasteiger partial charge on any atom is -0.477 e. The number of aryl methyl sites for hydroxylation is 1. The molecule has 16 heteroatoms. The number of carboxylic acid groups (broad SMARTS) is 1. The third-order valence-electron chi connectivity index (χ3n) is 8.61. The normalized spacial score (nSPS) is 14.1. The Hall–Kier alpha value is -5.12. The number of nitrogens with zero attached hydrogens (tertiary/aromatic N) is 3. The van der Waals surface area contributed by atoms with Crippen molar-refractivity contribution in [3.8, 4) is 5.75 Å². The fourth-order valence-corrected chi connectivity index (χ4v) is 6.30. The molecule has 0 spiro atoms. The lowest BCUT2D eigenvalue weighted by Crippen LogP contribution is -2.51. The maximum Gasteiger partial charge on any atom is 0.410 e. The van der Waals surface area contributed by atoms with Crippen LogP contribution in [-0.2, 0) is 32.3 Å². The van der Waals surface area contributed by atoms with Crippen LogP contribution < -0.4 is 25.7 Å². The van der Waals surface area contributed by atoms with Gasteiger partial charge in [-0.15, -0.1) is 0 Å². The summed E-state index contributed by atoms with van der Waals surface area (Å²) >= 11 is 1.54. The molecule has 2 atom stereocenters. The lowest BCUT2D eigenvalue weighted by molar-refractivity contribution is -0.140. The standard InChI is InChI=1S/C36H44FN5O9S.2H2/c1-5-40-19-26(34(46)47)32(44)25-17-27(37)31(18-30(25)40)41-11-13-42(14-12-41)36(49)50-20-23-6-8-24(9-7-23)51-35(48)29(16-22(2)3)39-33(45)28(38-21-43)10-15-52-4;;/h6-9,17-19,21-22,28-29H,5,10-16,20H2,1-4H3,(H,38,43)(H,39,45)(H,46,47);2*1H/t28-,29-;;/m0../s1. The quantitative estimate of drug-likeness (QED) is 0.109. The Kier molecular flexibility index (Phi) is 14.0. The first-order chi connectivity index (χ1) is 24.9. The van der Waals surface area contributed by atoms with E-state index in [4.69, 9.17) is 9.47 Å². The molecule has 14 nitrogen and oxygen atoms in total. The minimum atomic E-state index is -1.38. The molecule has 0 radical (unpaired) electrons.